The molecule has 1 rings (SSSR count). The minimum Gasteiger partial charge on any atom is -0.352 e. The summed E-state index contributed by atoms with van der Waals surface area (Å²) < 4.78 is 0. The molecular weight excluding hydrogens is 380 g/mol. The Morgan fingerprint density at radius 3 is 2.37 bits per heavy atom. The van der Waals surface area contributed by atoms with Crippen molar-refractivity contribution in [3.8, 4) is 0 Å². The van der Waals surface area contributed by atoms with Crippen molar-refractivity contribution in [3.05, 3.63) is 48.0 Å². The van der Waals surface area contributed by atoms with Gasteiger partial charge in [0.05, 0.1) is 13.1 Å². The number of unbranched alkanes of at least 4 members (excludes halogenated alkanes) is 2. The summed E-state index contributed by atoms with van der Waals surface area (Å²) in [6, 6.07) is 9.86. The maximum Gasteiger partial charge on any atom is 0.239 e. The van der Waals surface area contributed by atoms with Crippen molar-refractivity contribution >= 4 is 17.7 Å². The van der Waals surface area contributed by atoms with Gasteiger partial charge >= 0.3 is 0 Å². The van der Waals surface area contributed by atoms with Crippen LogP contribution in [0.3, 0.4) is 0 Å². The third-order valence-electron chi connectivity index (χ3n) is 4.44. The summed E-state index contributed by atoms with van der Waals surface area (Å²) in [5, 5.41) is 11.3. The second-order valence-corrected chi connectivity index (χ2v) is 7.30. The van der Waals surface area contributed by atoms with E-state index in [9.17, 15) is 14.4 Å². The van der Waals surface area contributed by atoms with Gasteiger partial charge in [-0.2, -0.15) is 0 Å². The fourth-order valence-corrected chi connectivity index (χ4v) is 2.87. The molecule has 0 saturated carbocycles. The molecule has 1 aromatic carbocycles. The smallest absolute Gasteiger partial charge is 0.239 e. The van der Waals surface area contributed by atoms with Gasteiger partial charge in [0.2, 0.25) is 17.7 Å². The molecule has 1 atom stereocenters. The summed E-state index contributed by atoms with van der Waals surface area (Å²) in [5.41, 5.74) is 1.14. The topological polar surface area (TPSA) is 99.3 Å². The Hall–Kier alpha value is -2.67. The third-order valence-corrected chi connectivity index (χ3v) is 4.44. The van der Waals surface area contributed by atoms with Crippen molar-refractivity contribution in [1.82, 2.24) is 21.3 Å². The zero-order valence-corrected chi connectivity index (χ0v) is 18.2. The molecular formula is C23H36N4O3. The number of nitrogens with one attached hydrogen (secondary N) is 4. The molecule has 30 heavy (non-hydrogen) atoms. The number of amides is 3. The number of allylic oxidation sites excluding steroid dienone is 1. The molecule has 0 aliphatic carbocycles. The molecule has 7 nitrogen and oxygen atoms in total. The van der Waals surface area contributed by atoms with Gasteiger partial charge < -0.3 is 21.3 Å². The molecule has 0 spiro atoms. The first-order valence-electron chi connectivity index (χ1n) is 10.7. The zero-order chi connectivity index (χ0) is 22.0. The van der Waals surface area contributed by atoms with Crippen LogP contribution in [0.1, 0.15) is 45.1 Å². The first-order chi connectivity index (χ1) is 14.5. The number of carbonyl (C=O) groups excluding carboxylic acids is 3. The number of hydrogen-bond donors (Lipinski definition) is 4. The second kappa shape index (κ2) is 16.2. The monoisotopic (exact) mass is 416 g/mol. The van der Waals surface area contributed by atoms with E-state index in [0.717, 1.165) is 44.3 Å². The zero-order valence-electron chi connectivity index (χ0n) is 18.2. The van der Waals surface area contributed by atoms with Gasteiger partial charge in [0.25, 0.3) is 0 Å². The molecule has 0 fully saturated rings. The largest absolute Gasteiger partial charge is 0.352 e. The highest BCUT2D eigenvalue weighted by Gasteiger charge is 2.10. The van der Waals surface area contributed by atoms with Crippen molar-refractivity contribution in [2.24, 2.45) is 0 Å². The fraction of sp³-hybridized carbons (Fsp3) is 0.522. The molecule has 0 radical (unpaired) electrons. The molecule has 0 heterocycles. The van der Waals surface area contributed by atoms with Crippen LogP contribution in [-0.4, -0.2) is 49.9 Å². The van der Waals surface area contributed by atoms with Crippen LogP contribution in [0, 0.1) is 0 Å². The quantitative estimate of drug-likeness (QED) is 0.258. The SMILES string of the molecule is C/C=C\CNCCCCCC(=O)NCC(=O)NCC(=O)NC(C)Cc1ccccc1. The van der Waals surface area contributed by atoms with Crippen molar-refractivity contribution in [3.63, 3.8) is 0 Å². The summed E-state index contributed by atoms with van der Waals surface area (Å²) >= 11 is 0. The van der Waals surface area contributed by atoms with Crippen LogP contribution in [0.5, 0.6) is 0 Å². The van der Waals surface area contributed by atoms with Gasteiger partial charge in [-0.25, -0.2) is 0 Å². The van der Waals surface area contributed by atoms with E-state index in [4.69, 9.17) is 0 Å². The van der Waals surface area contributed by atoms with Gasteiger partial charge in [-0.3, -0.25) is 14.4 Å². The Morgan fingerprint density at radius 2 is 1.63 bits per heavy atom. The minimum absolute atomic E-state index is 0.0326. The predicted octanol–water partition coefficient (Wildman–Crippen LogP) is 1.69. The summed E-state index contributed by atoms with van der Waals surface area (Å²) in [6.07, 6.45) is 7.97. The first kappa shape index (κ1) is 25.4. The van der Waals surface area contributed by atoms with Crippen LogP contribution in [0.4, 0.5) is 0 Å². The van der Waals surface area contributed by atoms with Gasteiger partial charge in [-0.15, -0.1) is 0 Å². The van der Waals surface area contributed by atoms with Crippen LogP contribution in [-0.2, 0) is 20.8 Å². The van der Waals surface area contributed by atoms with Crippen LogP contribution in [0.2, 0.25) is 0 Å². The highest BCUT2D eigenvalue weighted by atomic mass is 16.2. The summed E-state index contributed by atoms with van der Waals surface area (Å²) in [5.74, 6) is -0.767. The van der Waals surface area contributed by atoms with Gasteiger partial charge in [0.1, 0.15) is 0 Å². The summed E-state index contributed by atoms with van der Waals surface area (Å²) in [4.78, 5) is 35.5. The lowest BCUT2D eigenvalue weighted by atomic mass is 10.1. The molecule has 0 aliphatic rings. The lowest BCUT2D eigenvalue weighted by Crippen LogP contribution is -2.44. The van der Waals surface area contributed by atoms with Crippen molar-refractivity contribution in [1.29, 1.82) is 0 Å². The molecule has 166 valence electrons. The van der Waals surface area contributed by atoms with Crippen LogP contribution >= 0.6 is 0 Å². The van der Waals surface area contributed by atoms with E-state index in [1.807, 2.05) is 50.3 Å². The van der Waals surface area contributed by atoms with Crippen molar-refractivity contribution in [2.45, 2.75) is 52.0 Å². The van der Waals surface area contributed by atoms with E-state index in [1.165, 1.54) is 0 Å². The Labute approximate surface area is 180 Å². The average molecular weight is 417 g/mol. The maximum absolute atomic E-state index is 12.0. The van der Waals surface area contributed by atoms with E-state index < -0.39 is 0 Å². The highest BCUT2D eigenvalue weighted by Crippen LogP contribution is 2.02. The molecule has 4 N–H and O–H groups in total. The van der Waals surface area contributed by atoms with E-state index in [-0.39, 0.29) is 36.9 Å². The molecule has 7 heteroatoms. The molecule has 0 bridgehead atoms. The molecule has 0 aliphatic heterocycles. The molecule has 1 aromatic rings. The second-order valence-electron chi connectivity index (χ2n) is 7.30. The maximum atomic E-state index is 12.0. The molecule has 0 aromatic heterocycles. The van der Waals surface area contributed by atoms with Crippen LogP contribution in [0.25, 0.3) is 0 Å². The Morgan fingerprint density at radius 1 is 0.933 bits per heavy atom. The van der Waals surface area contributed by atoms with E-state index in [1.54, 1.807) is 0 Å². The Bertz CT molecular complexity index is 662. The van der Waals surface area contributed by atoms with Crippen LogP contribution < -0.4 is 21.3 Å². The normalized spacial score (nSPS) is 11.8. The van der Waals surface area contributed by atoms with Crippen molar-refractivity contribution in [2.75, 3.05) is 26.2 Å². The van der Waals surface area contributed by atoms with Gasteiger partial charge in [0, 0.05) is 19.0 Å². The number of rotatable bonds is 15. The Balaban J connectivity index is 2.05. The lowest BCUT2D eigenvalue weighted by Gasteiger charge is -2.14. The molecule has 0 saturated heterocycles. The number of benzene rings is 1. The van der Waals surface area contributed by atoms with E-state index in [2.05, 4.69) is 27.3 Å². The van der Waals surface area contributed by atoms with Gasteiger partial charge in [-0.05, 0) is 45.2 Å². The van der Waals surface area contributed by atoms with Crippen molar-refractivity contribution < 1.29 is 14.4 Å². The van der Waals surface area contributed by atoms with Gasteiger partial charge in [-0.1, -0.05) is 48.9 Å². The number of carbonyl (C=O) groups is 3. The molecule has 1 unspecified atom stereocenters. The average Bonchev–Trinajstić information content (AvgIpc) is 2.73. The lowest BCUT2D eigenvalue weighted by molar-refractivity contribution is -0.127. The van der Waals surface area contributed by atoms with E-state index in [0.29, 0.717) is 6.42 Å². The Kier molecular flexibility index (Phi) is 13.7. The van der Waals surface area contributed by atoms with Crippen LogP contribution in [0.15, 0.2) is 42.5 Å². The predicted molar refractivity (Wildman–Crippen MR) is 120 cm³/mol. The van der Waals surface area contributed by atoms with E-state index >= 15 is 0 Å². The minimum atomic E-state index is -0.373. The standard InChI is InChI=1S/C23H36N4O3/c1-3-4-14-24-15-10-6-9-13-21(28)25-17-22(29)26-18-23(30)27-19(2)16-20-11-7-5-8-12-20/h3-5,7-8,11-12,19,24H,6,9-10,13-18H2,1-2H3,(H,25,28)(H,26,29)(H,27,30)/b4-3-. The fourth-order valence-electron chi connectivity index (χ4n) is 2.87. The molecule has 3 amide bonds. The third kappa shape index (κ3) is 13.5. The summed E-state index contributed by atoms with van der Waals surface area (Å²) in [6.45, 7) is 5.50. The number of hydrogen-bond acceptors (Lipinski definition) is 4. The highest BCUT2D eigenvalue weighted by molar-refractivity contribution is 5.88. The first-order valence-corrected chi connectivity index (χ1v) is 10.7. The van der Waals surface area contributed by atoms with Gasteiger partial charge in [0.15, 0.2) is 0 Å². The summed E-state index contributed by atoms with van der Waals surface area (Å²) in [7, 11) is 0.